The van der Waals surface area contributed by atoms with Gasteiger partial charge in [-0.1, -0.05) is 45.7 Å². The molecule has 2 atom stereocenters. The van der Waals surface area contributed by atoms with Gasteiger partial charge in [0.15, 0.2) is 0 Å². The molecule has 3 heterocycles. The number of alkyl carbamates (subject to hydrolysis) is 1. The Hall–Kier alpha value is -3.60. The number of carbonyl (C=O) groups is 3. The molecular weight excluding hydrogens is 600 g/mol. The Morgan fingerprint density at radius 1 is 1.02 bits per heavy atom. The van der Waals surface area contributed by atoms with Crippen LogP contribution < -0.4 is 15.6 Å². The Bertz CT molecular complexity index is 1470. The zero-order chi connectivity index (χ0) is 33.7. The van der Waals surface area contributed by atoms with E-state index in [4.69, 9.17) is 14.2 Å². The monoisotopic (exact) mass is 652 g/mol. The highest BCUT2D eigenvalue weighted by molar-refractivity contribution is 5.91. The minimum absolute atomic E-state index is 0.0765. The molecule has 0 radical (unpaired) electrons. The third kappa shape index (κ3) is 8.47. The maximum Gasteiger partial charge on any atom is 0.408 e. The van der Waals surface area contributed by atoms with E-state index < -0.39 is 29.6 Å². The number of hydrogen-bond donors (Lipinski definition) is 2. The highest BCUT2D eigenvalue weighted by Gasteiger charge is 2.43. The molecule has 1 saturated carbocycles. The first-order chi connectivity index (χ1) is 22.4. The Balaban J connectivity index is 1.09. The van der Waals surface area contributed by atoms with Gasteiger partial charge in [-0.2, -0.15) is 0 Å². The summed E-state index contributed by atoms with van der Waals surface area (Å²) in [5.41, 5.74) is 0.872. The van der Waals surface area contributed by atoms with E-state index in [1.807, 2.05) is 45.0 Å². The molecule has 0 spiro atoms. The van der Waals surface area contributed by atoms with Gasteiger partial charge in [-0.3, -0.25) is 9.59 Å². The number of aromatic amines is 1. The predicted molar refractivity (Wildman–Crippen MR) is 179 cm³/mol. The van der Waals surface area contributed by atoms with Gasteiger partial charge in [-0.15, -0.1) is 0 Å². The van der Waals surface area contributed by atoms with E-state index in [-0.39, 0.29) is 23.7 Å². The number of methoxy groups -OCH3 is 1. The topological polar surface area (TPSA) is 130 Å². The van der Waals surface area contributed by atoms with Gasteiger partial charge in [0.2, 0.25) is 5.91 Å². The number of fused-ring (bicyclic) bond motifs is 1. The van der Waals surface area contributed by atoms with E-state index in [0.717, 1.165) is 80.3 Å². The molecule has 2 N–H and O–H groups in total. The van der Waals surface area contributed by atoms with Crippen LogP contribution in [-0.2, 0) is 25.5 Å². The van der Waals surface area contributed by atoms with Gasteiger partial charge in [-0.05, 0) is 81.9 Å². The largest absolute Gasteiger partial charge is 0.489 e. The van der Waals surface area contributed by atoms with Crippen LogP contribution >= 0.6 is 0 Å². The normalized spacial score (nSPS) is 22.8. The van der Waals surface area contributed by atoms with Gasteiger partial charge in [-0.25, -0.2) is 9.59 Å². The van der Waals surface area contributed by atoms with Crippen LogP contribution in [-0.4, -0.2) is 90.8 Å². The molecule has 2 aromatic rings. The SMILES string of the molecule is COC(=O)[C@@H]1CCCN1C(=O)[C@@H](NC(=O)OC1CC(CCCCc2c(OC3CCN(C)CC3)c3ccccc3[nH]c2=O)C1)C(C)(C)C. The maximum absolute atomic E-state index is 13.5. The molecule has 2 aliphatic heterocycles. The van der Waals surface area contributed by atoms with Gasteiger partial charge >= 0.3 is 12.1 Å². The number of amides is 2. The number of hydrogen-bond acceptors (Lipinski definition) is 8. The van der Waals surface area contributed by atoms with Crippen molar-refractivity contribution in [2.75, 3.05) is 33.8 Å². The number of piperidine rings is 1. The minimum atomic E-state index is -0.831. The number of nitrogens with one attached hydrogen (secondary N) is 2. The van der Waals surface area contributed by atoms with Crippen molar-refractivity contribution >= 4 is 28.9 Å². The lowest BCUT2D eigenvalue weighted by atomic mass is 9.79. The number of ether oxygens (including phenoxy) is 3. The van der Waals surface area contributed by atoms with E-state index in [9.17, 15) is 19.2 Å². The Kier molecular flexibility index (Phi) is 11.1. The van der Waals surface area contributed by atoms with Crippen LogP contribution in [0.3, 0.4) is 0 Å². The molecule has 3 fully saturated rings. The number of benzene rings is 1. The molecule has 1 aromatic carbocycles. The van der Waals surface area contributed by atoms with Crippen molar-refractivity contribution in [2.45, 2.75) is 109 Å². The van der Waals surface area contributed by atoms with E-state index >= 15 is 0 Å². The summed E-state index contributed by atoms with van der Waals surface area (Å²) in [4.78, 5) is 58.6. The number of pyridine rings is 1. The lowest BCUT2D eigenvalue weighted by Crippen LogP contribution is -2.57. The van der Waals surface area contributed by atoms with Crippen molar-refractivity contribution in [3.05, 3.63) is 40.2 Å². The summed E-state index contributed by atoms with van der Waals surface area (Å²) in [5, 5.41) is 3.75. The lowest BCUT2D eigenvalue weighted by molar-refractivity contribution is -0.152. The third-order valence-electron chi connectivity index (χ3n) is 10.1. The van der Waals surface area contributed by atoms with E-state index in [1.54, 1.807) is 0 Å². The van der Waals surface area contributed by atoms with Crippen LogP contribution in [0.2, 0.25) is 0 Å². The fraction of sp³-hybridized carbons (Fsp3) is 0.667. The first-order valence-corrected chi connectivity index (χ1v) is 17.3. The number of carbonyl (C=O) groups excluding carboxylic acids is 3. The molecule has 11 heteroatoms. The zero-order valence-corrected chi connectivity index (χ0v) is 28.6. The molecule has 1 aliphatic carbocycles. The van der Waals surface area contributed by atoms with Crippen LogP contribution in [0.5, 0.6) is 5.75 Å². The number of unbranched alkanes of at least 4 members (excludes halogenated alkanes) is 1. The van der Waals surface area contributed by atoms with Crippen LogP contribution in [0.4, 0.5) is 4.79 Å². The molecule has 11 nitrogen and oxygen atoms in total. The second-order valence-corrected chi connectivity index (χ2v) is 14.7. The fourth-order valence-electron chi connectivity index (χ4n) is 7.16. The second kappa shape index (κ2) is 15.1. The van der Waals surface area contributed by atoms with Gasteiger partial charge in [0.1, 0.15) is 30.0 Å². The highest BCUT2D eigenvalue weighted by Crippen LogP contribution is 2.35. The molecule has 5 rings (SSSR count). The first kappa shape index (κ1) is 34.7. The molecule has 2 amide bonds. The van der Waals surface area contributed by atoms with E-state index in [1.165, 1.54) is 12.0 Å². The minimum Gasteiger partial charge on any atom is -0.489 e. The standard InChI is InChI=1S/C36H52N4O7/c1-36(2,3)31(33(42)40-18-10-15-29(40)34(43)45-5)38-35(44)47-25-21-23(22-25)11-6-7-13-27-30(46-24-16-19-39(4)20-17-24)26-12-8-9-14-28(26)37-32(27)41/h8-9,12,14,23-25,29,31H,6-7,10-11,13,15-22H2,1-5H3,(H,37,41)(H,38,44)/t23?,25?,29-,31+/m0/s1. The lowest BCUT2D eigenvalue weighted by Gasteiger charge is -2.37. The molecular formula is C36H52N4O7. The number of rotatable bonds is 11. The number of aromatic nitrogens is 1. The summed E-state index contributed by atoms with van der Waals surface area (Å²) in [7, 11) is 3.45. The summed E-state index contributed by atoms with van der Waals surface area (Å²) in [6.45, 7) is 8.07. The van der Waals surface area contributed by atoms with Gasteiger partial charge in [0.05, 0.1) is 18.2 Å². The van der Waals surface area contributed by atoms with Gasteiger partial charge in [0, 0.05) is 25.0 Å². The van der Waals surface area contributed by atoms with Gasteiger partial charge < -0.3 is 34.3 Å². The fourth-order valence-corrected chi connectivity index (χ4v) is 7.16. The summed E-state index contributed by atoms with van der Waals surface area (Å²) in [6.07, 6.45) is 7.48. The van der Waals surface area contributed by atoms with Crippen molar-refractivity contribution in [3.8, 4) is 5.75 Å². The van der Waals surface area contributed by atoms with Crippen molar-refractivity contribution in [3.63, 3.8) is 0 Å². The van der Waals surface area contributed by atoms with Crippen molar-refractivity contribution < 1.29 is 28.6 Å². The number of likely N-dealkylation sites (tertiary alicyclic amines) is 2. The molecule has 0 unspecified atom stereocenters. The zero-order valence-electron chi connectivity index (χ0n) is 28.6. The van der Waals surface area contributed by atoms with E-state index in [2.05, 4.69) is 22.2 Å². The van der Waals surface area contributed by atoms with E-state index in [0.29, 0.717) is 31.7 Å². The Labute approximate surface area is 277 Å². The average molecular weight is 653 g/mol. The number of esters is 1. The number of para-hydroxylation sites is 1. The quantitative estimate of drug-likeness (QED) is 0.262. The Morgan fingerprint density at radius 2 is 1.74 bits per heavy atom. The third-order valence-corrected chi connectivity index (χ3v) is 10.1. The van der Waals surface area contributed by atoms with Crippen LogP contribution in [0, 0.1) is 11.3 Å². The molecule has 2 saturated heterocycles. The summed E-state index contributed by atoms with van der Waals surface area (Å²) < 4.78 is 17.2. The molecule has 0 bridgehead atoms. The van der Waals surface area contributed by atoms with Crippen LogP contribution in [0.15, 0.2) is 29.1 Å². The van der Waals surface area contributed by atoms with Crippen LogP contribution in [0.25, 0.3) is 10.9 Å². The summed E-state index contributed by atoms with van der Waals surface area (Å²) in [5.74, 6) is 0.457. The molecule has 258 valence electrons. The summed E-state index contributed by atoms with van der Waals surface area (Å²) in [6, 6.07) is 6.40. The smallest absolute Gasteiger partial charge is 0.408 e. The van der Waals surface area contributed by atoms with Crippen molar-refractivity contribution in [2.24, 2.45) is 11.3 Å². The van der Waals surface area contributed by atoms with Crippen molar-refractivity contribution in [1.82, 2.24) is 20.1 Å². The maximum atomic E-state index is 13.5. The molecule has 47 heavy (non-hydrogen) atoms. The highest BCUT2D eigenvalue weighted by atomic mass is 16.6. The predicted octanol–water partition coefficient (Wildman–Crippen LogP) is 4.80. The van der Waals surface area contributed by atoms with Gasteiger partial charge in [0.25, 0.3) is 5.56 Å². The second-order valence-electron chi connectivity index (χ2n) is 14.7. The van der Waals surface area contributed by atoms with Crippen molar-refractivity contribution in [1.29, 1.82) is 0 Å². The number of nitrogens with zero attached hydrogens (tertiary/aromatic N) is 2. The molecule has 1 aromatic heterocycles. The Morgan fingerprint density at radius 3 is 2.45 bits per heavy atom. The molecule has 3 aliphatic rings. The average Bonchev–Trinajstić information content (AvgIpc) is 3.51. The van der Waals surface area contributed by atoms with Crippen LogP contribution in [0.1, 0.15) is 84.1 Å². The number of H-pyrrole nitrogens is 1. The summed E-state index contributed by atoms with van der Waals surface area (Å²) >= 11 is 0. The first-order valence-electron chi connectivity index (χ1n) is 17.3.